The third-order valence-corrected chi connectivity index (χ3v) is 6.03. The molecule has 1 aliphatic rings. The molecule has 2 heterocycles. The van der Waals surface area contributed by atoms with Crippen molar-refractivity contribution in [3.8, 4) is 0 Å². The number of para-hydroxylation sites is 2. The van der Waals surface area contributed by atoms with Crippen molar-refractivity contribution >= 4 is 22.8 Å². The number of hydrogen-bond acceptors (Lipinski definition) is 3. The zero-order chi connectivity index (χ0) is 21.8. The maximum absolute atomic E-state index is 12.8. The van der Waals surface area contributed by atoms with Gasteiger partial charge in [0.1, 0.15) is 6.54 Å². The summed E-state index contributed by atoms with van der Waals surface area (Å²) in [5.41, 5.74) is 2.62. The van der Waals surface area contributed by atoms with Crippen LogP contribution in [0, 0.1) is 0 Å². The molecule has 1 aliphatic heterocycles. The number of amides is 2. The van der Waals surface area contributed by atoms with Crippen molar-refractivity contribution < 1.29 is 9.59 Å². The molecular weight excluding hydrogens is 392 g/mol. The highest BCUT2D eigenvalue weighted by Gasteiger charge is 2.25. The van der Waals surface area contributed by atoms with Crippen LogP contribution in [0.1, 0.15) is 18.4 Å². The Labute approximate surface area is 181 Å². The van der Waals surface area contributed by atoms with Crippen LogP contribution >= 0.6 is 0 Å². The number of nitrogens with zero attached hydrogens (tertiary/aromatic N) is 4. The average Bonchev–Trinajstić information content (AvgIpc) is 3.05. The summed E-state index contributed by atoms with van der Waals surface area (Å²) in [4.78, 5) is 41.5. The van der Waals surface area contributed by atoms with Gasteiger partial charge < -0.3 is 9.80 Å². The Bertz CT molecular complexity index is 1120. The fourth-order valence-electron chi connectivity index (χ4n) is 4.20. The zero-order valence-corrected chi connectivity index (χ0v) is 17.9. The van der Waals surface area contributed by atoms with Gasteiger partial charge in [0.05, 0.1) is 11.0 Å². The summed E-state index contributed by atoms with van der Waals surface area (Å²) in [6.45, 7) is 2.11. The van der Waals surface area contributed by atoms with E-state index in [-0.39, 0.29) is 24.0 Å². The first-order valence-electron chi connectivity index (χ1n) is 10.8. The molecule has 0 aliphatic carbocycles. The second-order valence-electron chi connectivity index (χ2n) is 8.02. The number of carbonyl (C=O) groups is 2. The molecule has 31 heavy (non-hydrogen) atoms. The second-order valence-corrected chi connectivity index (χ2v) is 8.02. The van der Waals surface area contributed by atoms with Crippen molar-refractivity contribution in [2.75, 3.05) is 26.2 Å². The zero-order valence-electron chi connectivity index (χ0n) is 17.9. The quantitative estimate of drug-likeness (QED) is 0.613. The van der Waals surface area contributed by atoms with Crippen LogP contribution in [0.3, 0.4) is 0 Å². The largest absolute Gasteiger partial charge is 0.339 e. The minimum absolute atomic E-state index is 0.0191. The highest BCUT2D eigenvalue weighted by Crippen LogP contribution is 2.13. The molecule has 162 valence electrons. The van der Waals surface area contributed by atoms with Gasteiger partial charge in [-0.1, -0.05) is 42.5 Å². The van der Waals surface area contributed by atoms with Gasteiger partial charge in [-0.15, -0.1) is 0 Å². The molecule has 7 heteroatoms. The molecule has 0 unspecified atom stereocenters. The molecule has 0 bridgehead atoms. The molecular formula is C24H28N4O3. The predicted molar refractivity (Wildman–Crippen MR) is 120 cm³/mol. The number of piperazine rings is 1. The van der Waals surface area contributed by atoms with Crippen molar-refractivity contribution in [1.29, 1.82) is 0 Å². The summed E-state index contributed by atoms with van der Waals surface area (Å²) in [6, 6.07) is 17.7. The van der Waals surface area contributed by atoms with Gasteiger partial charge in [0.25, 0.3) is 0 Å². The van der Waals surface area contributed by atoms with Gasteiger partial charge >= 0.3 is 5.69 Å². The van der Waals surface area contributed by atoms with Gasteiger partial charge in [0, 0.05) is 39.6 Å². The lowest BCUT2D eigenvalue weighted by Gasteiger charge is -2.35. The number of fused-ring (bicyclic) bond motifs is 1. The summed E-state index contributed by atoms with van der Waals surface area (Å²) in [5.74, 6) is 0.0583. The molecule has 1 fully saturated rings. The topological polar surface area (TPSA) is 67.6 Å². The summed E-state index contributed by atoms with van der Waals surface area (Å²) in [7, 11) is 1.72. The smallest absolute Gasteiger partial charge is 0.329 e. The number of hydrogen-bond donors (Lipinski definition) is 0. The van der Waals surface area contributed by atoms with Crippen molar-refractivity contribution in [3.63, 3.8) is 0 Å². The van der Waals surface area contributed by atoms with Gasteiger partial charge in [-0.05, 0) is 30.5 Å². The highest BCUT2D eigenvalue weighted by atomic mass is 16.2. The van der Waals surface area contributed by atoms with E-state index < -0.39 is 0 Å². The first kappa shape index (κ1) is 20.9. The normalized spacial score (nSPS) is 14.2. The molecule has 0 atom stereocenters. The molecule has 0 spiro atoms. The number of aryl methyl sites for hydroxylation is 2. The summed E-state index contributed by atoms with van der Waals surface area (Å²) < 4.78 is 3.09. The fourth-order valence-corrected chi connectivity index (χ4v) is 4.20. The van der Waals surface area contributed by atoms with E-state index in [4.69, 9.17) is 0 Å². The molecule has 3 aromatic rings. The number of rotatable bonds is 6. The fraction of sp³-hybridized carbons (Fsp3) is 0.375. The predicted octanol–water partition coefficient (Wildman–Crippen LogP) is 2.03. The van der Waals surface area contributed by atoms with E-state index in [2.05, 4.69) is 12.1 Å². The summed E-state index contributed by atoms with van der Waals surface area (Å²) >= 11 is 0. The Hall–Kier alpha value is -3.35. The molecule has 1 aromatic heterocycles. The summed E-state index contributed by atoms with van der Waals surface area (Å²) in [6.07, 6.45) is 2.24. The van der Waals surface area contributed by atoms with E-state index >= 15 is 0 Å². The van der Waals surface area contributed by atoms with E-state index in [1.54, 1.807) is 16.5 Å². The van der Waals surface area contributed by atoms with Gasteiger partial charge in [0.15, 0.2) is 0 Å². The van der Waals surface area contributed by atoms with Crippen LogP contribution in [0.25, 0.3) is 11.0 Å². The lowest BCUT2D eigenvalue weighted by Crippen LogP contribution is -2.51. The number of aromatic nitrogens is 2. The maximum atomic E-state index is 12.8. The van der Waals surface area contributed by atoms with Crippen molar-refractivity contribution in [3.05, 3.63) is 70.6 Å². The van der Waals surface area contributed by atoms with E-state index in [1.165, 1.54) is 10.1 Å². The minimum atomic E-state index is -0.193. The van der Waals surface area contributed by atoms with Crippen molar-refractivity contribution in [2.24, 2.45) is 7.05 Å². The standard InChI is InChI=1S/C24H28N4O3/c1-25-20-11-5-6-12-21(20)28(24(25)31)18-23(30)27-16-14-26(15-17-27)22(29)13-7-10-19-8-3-2-4-9-19/h2-6,8-9,11-12H,7,10,13-18H2,1H3. The molecule has 0 saturated carbocycles. The van der Waals surface area contributed by atoms with Crippen LogP contribution in [0.2, 0.25) is 0 Å². The second kappa shape index (κ2) is 9.20. The Balaban J connectivity index is 1.29. The lowest BCUT2D eigenvalue weighted by atomic mass is 10.1. The SMILES string of the molecule is Cn1c(=O)n(CC(=O)N2CCN(C(=O)CCCc3ccccc3)CC2)c2ccccc21. The van der Waals surface area contributed by atoms with Gasteiger partial charge in [0.2, 0.25) is 11.8 Å². The van der Waals surface area contributed by atoms with E-state index in [0.717, 1.165) is 23.9 Å². The van der Waals surface area contributed by atoms with Crippen LogP contribution < -0.4 is 5.69 Å². The first-order valence-corrected chi connectivity index (χ1v) is 10.8. The van der Waals surface area contributed by atoms with E-state index in [0.29, 0.717) is 32.6 Å². The number of carbonyl (C=O) groups excluding carboxylic acids is 2. The van der Waals surface area contributed by atoms with Gasteiger partial charge in [-0.25, -0.2) is 4.79 Å². The van der Waals surface area contributed by atoms with Crippen LogP contribution in [-0.4, -0.2) is 56.9 Å². The van der Waals surface area contributed by atoms with Gasteiger partial charge in [-0.3, -0.25) is 18.7 Å². The van der Waals surface area contributed by atoms with Crippen LogP contribution in [0.5, 0.6) is 0 Å². The number of benzene rings is 2. The summed E-state index contributed by atoms with van der Waals surface area (Å²) in [5, 5.41) is 0. The molecule has 0 N–H and O–H groups in total. The molecule has 4 rings (SSSR count). The number of imidazole rings is 1. The van der Waals surface area contributed by atoms with Crippen molar-refractivity contribution in [1.82, 2.24) is 18.9 Å². The van der Waals surface area contributed by atoms with Crippen LogP contribution in [0.15, 0.2) is 59.4 Å². The van der Waals surface area contributed by atoms with Crippen LogP contribution in [-0.2, 0) is 29.6 Å². The van der Waals surface area contributed by atoms with Gasteiger partial charge in [-0.2, -0.15) is 0 Å². The molecule has 7 nitrogen and oxygen atoms in total. The molecule has 1 saturated heterocycles. The molecule has 2 aromatic carbocycles. The minimum Gasteiger partial charge on any atom is -0.339 e. The Morgan fingerprint density at radius 2 is 1.39 bits per heavy atom. The average molecular weight is 421 g/mol. The van der Waals surface area contributed by atoms with Crippen LogP contribution in [0.4, 0.5) is 0 Å². The monoisotopic (exact) mass is 420 g/mol. The lowest BCUT2D eigenvalue weighted by molar-refractivity contribution is -0.139. The van der Waals surface area contributed by atoms with Crippen molar-refractivity contribution in [2.45, 2.75) is 25.8 Å². The Morgan fingerprint density at radius 3 is 2.06 bits per heavy atom. The Kier molecular flexibility index (Phi) is 6.21. The highest BCUT2D eigenvalue weighted by molar-refractivity contribution is 5.81. The maximum Gasteiger partial charge on any atom is 0.329 e. The molecule has 2 amide bonds. The Morgan fingerprint density at radius 1 is 0.806 bits per heavy atom. The van der Waals surface area contributed by atoms with E-state index in [1.807, 2.05) is 47.4 Å². The first-order chi connectivity index (χ1) is 15.0. The third kappa shape index (κ3) is 4.55. The molecule has 0 radical (unpaired) electrons. The van der Waals surface area contributed by atoms with E-state index in [9.17, 15) is 14.4 Å². The third-order valence-electron chi connectivity index (χ3n) is 6.03.